The molecule has 23 heavy (non-hydrogen) atoms. The first-order valence-corrected chi connectivity index (χ1v) is 8.62. The smallest absolute Gasteiger partial charge is 0.483 e. The lowest BCUT2D eigenvalue weighted by Gasteiger charge is -2.09. The van der Waals surface area contributed by atoms with Crippen LogP contribution in [0.2, 0.25) is 0 Å². The van der Waals surface area contributed by atoms with E-state index in [0.29, 0.717) is 12.0 Å². The number of carbonyl (C=O) groups excluding carboxylic acids is 1. The van der Waals surface area contributed by atoms with Crippen molar-refractivity contribution in [3.8, 4) is 5.75 Å². The highest BCUT2D eigenvalue weighted by Gasteiger charge is 2.10. The van der Waals surface area contributed by atoms with Crippen LogP contribution in [-0.2, 0) is 18.0 Å². The summed E-state index contributed by atoms with van der Waals surface area (Å²) in [6.07, 6.45) is 0.854. The second-order valence-corrected chi connectivity index (χ2v) is 6.58. The molecular weight excluding hydrogens is 320 g/mol. The summed E-state index contributed by atoms with van der Waals surface area (Å²) in [6, 6.07) is 5.78. The van der Waals surface area contributed by atoms with Crippen LogP contribution in [0.25, 0.3) is 0 Å². The second kappa shape index (κ2) is 13.0. The maximum Gasteiger partial charge on any atom is 0.483 e. The molecule has 0 aliphatic heterocycles. The monoisotopic (exact) mass is 346 g/mol. The van der Waals surface area contributed by atoms with E-state index >= 15 is 0 Å². The van der Waals surface area contributed by atoms with Gasteiger partial charge in [-0.25, -0.2) is 4.79 Å². The standard InChI is InChI=1S/C12H16O4.C3H10O3Si/c1-2-3-11(14)8-16-12(15)9-4-6-10(13)7-5-9;1-4-7(5-2)6-3/h4-7,11,13-14H,2-3,8H2,1H3;7H,1-3H3. The van der Waals surface area contributed by atoms with Crippen molar-refractivity contribution in [2.75, 3.05) is 27.9 Å². The molecule has 8 heteroatoms. The molecule has 0 aromatic heterocycles. The third-order valence-electron chi connectivity index (χ3n) is 2.71. The average Bonchev–Trinajstić information content (AvgIpc) is 2.56. The Bertz CT molecular complexity index is 415. The van der Waals surface area contributed by atoms with Crippen molar-refractivity contribution < 1.29 is 33.0 Å². The third-order valence-corrected chi connectivity index (χ3v) is 3.86. The van der Waals surface area contributed by atoms with E-state index in [1.165, 1.54) is 24.3 Å². The molecule has 1 aromatic rings. The van der Waals surface area contributed by atoms with Crippen molar-refractivity contribution in [2.45, 2.75) is 25.9 Å². The van der Waals surface area contributed by atoms with Crippen molar-refractivity contribution >= 4 is 15.5 Å². The SMILES string of the molecule is CCCC(O)COC(=O)c1ccc(O)cc1.CO[SiH](OC)OC. The number of rotatable bonds is 8. The fourth-order valence-corrected chi connectivity index (χ4v) is 2.14. The van der Waals surface area contributed by atoms with Gasteiger partial charge < -0.3 is 28.2 Å². The molecule has 0 aliphatic rings. The molecule has 0 fully saturated rings. The molecule has 7 nitrogen and oxygen atoms in total. The molecule has 1 rings (SSSR count). The Labute approximate surface area is 138 Å². The number of ether oxygens (including phenoxy) is 1. The lowest BCUT2D eigenvalue weighted by molar-refractivity contribution is 0.0237. The van der Waals surface area contributed by atoms with Gasteiger partial charge in [-0.1, -0.05) is 13.3 Å². The summed E-state index contributed by atoms with van der Waals surface area (Å²) in [5, 5.41) is 18.4. The topological polar surface area (TPSA) is 94.5 Å². The van der Waals surface area contributed by atoms with Gasteiger partial charge in [0.1, 0.15) is 12.4 Å². The highest BCUT2D eigenvalue weighted by molar-refractivity contribution is 6.36. The normalized spacial score (nSPS) is 11.6. The zero-order chi connectivity index (χ0) is 17.7. The molecule has 2 N–H and O–H groups in total. The quantitative estimate of drug-likeness (QED) is 0.542. The Morgan fingerprint density at radius 3 is 2.04 bits per heavy atom. The van der Waals surface area contributed by atoms with Gasteiger partial charge in [0, 0.05) is 21.3 Å². The largest absolute Gasteiger partial charge is 0.508 e. The first-order chi connectivity index (χ1) is 11.0. The summed E-state index contributed by atoms with van der Waals surface area (Å²) >= 11 is 0. The minimum Gasteiger partial charge on any atom is -0.508 e. The van der Waals surface area contributed by atoms with Gasteiger partial charge in [-0.15, -0.1) is 0 Å². The van der Waals surface area contributed by atoms with Crippen LogP contribution >= 0.6 is 0 Å². The molecule has 0 aliphatic carbocycles. The summed E-state index contributed by atoms with van der Waals surface area (Å²) in [7, 11) is 3.05. The van der Waals surface area contributed by atoms with Gasteiger partial charge in [0.25, 0.3) is 0 Å². The van der Waals surface area contributed by atoms with Gasteiger partial charge in [0.05, 0.1) is 11.7 Å². The van der Waals surface area contributed by atoms with Crippen LogP contribution in [0.1, 0.15) is 30.1 Å². The van der Waals surface area contributed by atoms with E-state index in [2.05, 4.69) is 0 Å². The number of hydrogen-bond donors (Lipinski definition) is 2. The van der Waals surface area contributed by atoms with E-state index in [4.69, 9.17) is 23.1 Å². The van der Waals surface area contributed by atoms with Crippen LogP contribution < -0.4 is 0 Å². The van der Waals surface area contributed by atoms with Crippen molar-refractivity contribution in [3.05, 3.63) is 29.8 Å². The summed E-state index contributed by atoms with van der Waals surface area (Å²) in [5.74, 6) is -0.391. The van der Waals surface area contributed by atoms with E-state index in [0.717, 1.165) is 6.42 Å². The van der Waals surface area contributed by atoms with E-state index in [1.54, 1.807) is 21.3 Å². The molecule has 0 spiro atoms. The highest BCUT2D eigenvalue weighted by atomic mass is 28.3. The molecule has 1 unspecified atom stereocenters. The van der Waals surface area contributed by atoms with Crippen LogP contribution in [-0.4, -0.2) is 59.7 Å². The zero-order valence-corrected chi connectivity index (χ0v) is 15.2. The number of esters is 1. The summed E-state index contributed by atoms with van der Waals surface area (Å²) in [6.45, 7) is 1.96. The summed E-state index contributed by atoms with van der Waals surface area (Å²) < 4.78 is 19.1. The third kappa shape index (κ3) is 10.0. The molecule has 1 atom stereocenters. The molecule has 0 bridgehead atoms. The Morgan fingerprint density at radius 2 is 1.65 bits per heavy atom. The molecule has 1 aromatic carbocycles. The lowest BCUT2D eigenvalue weighted by Crippen LogP contribution is -2.21. The molecule has 0 saturated heterocycles. The van der Waals surface area contributed by atoms with Crippen LogP contribution in [0.3, 0.4) is 0 Å². The van der Waals surface area contributed by atoms with E-state index in [1.807, 2.05) is 6.92 Å². The number of phenolic OH excluding ortho intramolecular Hbond substituents is 1. The number of hydrogen-bond acceptors (Lipinski definition) is 7. The second-order valence-electron chi connectivity index (χ2n) is 4.58. The molecule has 0 amide bonds. The molecule has 0 heterocycles. The first kappa shape index (κ1) is 21.5. The highest BCUT2D eigenvalue weighted by Crippen LogP contribution is 2.10. The minimum absolute atomic E-state index is 0.00749. The van der Waals surface area contributed by atoms with Crippen LogP contribution in [0.5, 0.6) is 5.75 Å². The van der Waals surface area contributed by atoms with E-state index < -0.39 is 21.6 Å². The Balaban J connectivity index is 0.000000585. The average molecular weight is 346 g/mol. The summed E-state index contributed by atoms with van der Waals surface area (Å²) in [5.41, 5.74) is 0.362. The lowest BCUT2D eigenvalue weighted by atomic mass is 10.2. The van der Waals surface area contributed by atoms with Crippen LogP contribution in [0.4, 0.5) is 0 Å². The molecular formula is C15H26O7Si. The van der Waals surface area contributed by atoms with Gasteiger partial charge >= 0.3 is 15.5 Å². The van der Waals surface area contributed by atoms with Gasteiger partial charge in [0.2, 0.25) is 0 Å². The van der Waals surface area contributed by atoms with Gasteiger partial charge in [-0.05, 0) is 30.7 Å². The number of aliphatic hydroxyl groups excluding tert-OH is 1. The number of benzene rings is 1. The van der Waals surface area contributed by atoms with Crippen molar-refractivity contribution in [3.63, 3.8) is 0 Å². The van der Waals surface area contributed by atoms with Crippen molar-refractivity contribution in [2.24, 2.45) is 0 Å². The van der Waals surface area contributed by atoms with Crippen LogP contribution in [0, 0.1) is 0 Å². The fourth-order valence-electron chi connectivity index (χ4n) is 1.56. The predicted molar refractivity (Wildman–Crippen MR) is 87.5 cm³/mol. The molecule has 0 radical (unpaired) electrons. The fraction of sp³-hybridized carbons (Fsp3) is 0.533. The number of aromatic hydroxyl groups is 1. The van der Waals surface area contributed by atoms with E-state index in [-0.39, 0.29) is 12.4 Å². The van der Waals surface area contributed by atoms with Gasteiger partial charge in [-0.3, -0.25) is 0 Å². The predicted octanol–water partition coefficient (Wildman–Crippen LogP) is 1.35. The Hall–Kier alpha value is -1.45. The summed E-state index contributed by atoms with van der Waals surface area (Å²) in [4.78, 5) is 11.4. The van der Waals surface area contributed by atoms with Crippen molar-refractivity contribution in [1.82, 2.24) is 0 Å². The number of aliphatic hydroxyl groups is 1. The maximum atomic E-state index is 11.4. The van der Waals surface area contributed by atoms with E-state index in [9.17, 15) is 9.90 Å². The zero-order valence-electron chi connectivity index (χ0n) is 14.0. The molecule has 0 saturated carbocycles. The minimum atomic E-state index is -1.67. The van der Waals surface area contributed by atoms with Gasteiger partial charge in [-0.2, -0.15) is 0 Å². The first-order valence-electron chi connectivity index (χ1n) is 7.21. The number of carbonyl (C=O) groups is 1. The van der Waals surface area contributed by atoms with Crippen LogP contribution in [0.15, 0.2) is 24.3 Å². The Kier molecular flexibility index (Phi) is 12.2. The Morgan fingerprint density at radius 1 is 1.13 bits per heavy atom. The van der Waals surface area contributed by atoms with Crippen molar-refractivity contribution in [1.29, 1.82) is 0 Å². The van der Waals surface area contributed by atoms with Gasteiger partial charge in [0.15, 0.2) is 0 Å². The maximum absolute atomic E-state index is 11.4. The number of phenols is 1. The molecule has 132 valence electrons.